The Labute approximate surface area is 185 Å². The number of benzene rings is 2. The van der Waals surface area contributed by atoms with Crippen LogP contribution < -0.4 is 5.32 Å². The highest BCUT2D eigenvalue weighted by Crippen LogP contribution is 2.26. The van der Waals surface area contributed by atoms with Gasteiger partial charge in [0.15, 0.2) is 11.0 Å². The van der Waals surface area contributed by atoms with Crippen molar-refractivity contribution in [2.45, 2.75) is 11.7 Å². The first kappa shape index (κ1) is 21.1. The summed E-state index contributed by atoms with van der Waals surface area (Å²) in [6, 6.07) is 13.6. The summed E-state index contributed by atoms with van der Waals surface area (Å²) in [5.74, 6) is -0.682. The predicted octanol–water partition coefficient (Wildman–Crippen LogP) is 5.25. The monoisotopic (exact) mass is 460 g/mol. The van der Waals surface area contributed by atoms with Gasteiger partial charge in [0.05, 0.1) is 24.2 Å². The molecule has 2 heterocycles. The first-order chi connectivity index (χ1) is 15.0. The average Bonchev–Trinajstić information content (AvgIpc) is 3.40. The van der Waals surface area contributed by atoms with E-state index >= 15 is 0 Å². The van der Waals surface area contributed by atoms with E-state index in [4.69, 9.17) is 16.0 Å². The van der Waals surface area contributed by atoms with Gasteiger partial charge in [-0.1, -0.05) is 23.4 Å². The lowest BCUT2D eigenvalue weighted by molar-refractivity contribution is -0.113. The number of carbonyl (C=O) groups excluding carboxylic acids is 1. The normalized spacial score (nSPS) is 10.9. The van der Waals surface area contributed by atoms with E-state index in [0.717, 1.165) is 35.5 Å². The Morgan fingerprint density at radius 3 is 2.68 bits per heavy atom. The molecule has 2 aromatic heterocycles. The SMILES string of the molecule is O=C(CSc1nnc(-c2ccc(Cl)cc2)n1Cc1ccco1)Nc1cc(F)ccc1F. The van der Waals surface area contributed by atoms with Gasteiger partial charge < -0.3 is 9.73 Å². The van der Waals surface area contributed by atoms with E-state index in [1.807, 2.05) is 22.8 Å². The van der Waals surface area contributed by atoms with Crippen molar-refractivity contribution in [2.75, 3.05) is 11.1 Å². The number of nitrogens with one attached hydrogen (secondary N) is 1. The molecule has 0 fully saturated rings. The second kappa shape index (κ2) is 9.32. The molecule has 0 unspecified atom stereocenters. The zero-order valence-electron chi connectivity index (χ0n) is 15.9. The van der Waals surface area contributed by atoms with Crippen molar-refractivity contribution in [3.8, 4) is 11.4 Å². The molecule has 2 aromatic carbocycles. The number of hydrogen-bond acceptors (Lipinski definition) is 5. The van der Waals surface area contributed by atoms with Gasteiger partial charge in [-0.15, -0.1) is 10.2 Å². The molecule has 0 saturated heterocycles. The lowest BCUT2D eigenvalue weighted by Crippen LogP contribution is -2.16. The van der Waals surface area contributed by atoms with Gasteiger partial charge in [-0.3, -0.25) is 9.36 Å². The van der Waals surface area contributed by atoms with Crippen LogP contribution in [0.4, 0.5) is 14.5 Å². The maximum Gasteiger partial charge on any atom is 0.234 e. The Morgan fingerprint density at radius 2 is 1.94 bits per heavy atom. The van der Waals surface area contributed by atoms with E-state index in [0.29, 0.717) is 28.3 Å². The van der Waals surface area contributed by atoms with Crippen LogP contribution in [-0.4, -0.2) is 26.4 Å². The van der Waals surface area contributed by atoms with Crippen molar-refractivity contribution in [3.63, 3.8) is 0 Å². The van der Waals surface area contributed by atoms with Crippen LogP contribution in [0.15, 0.2) is 70.4 Å². The number of furan rings is 1. The molecule has 31 heavy (non-hydrogen) atoms. The Kier molecular flexibility index (Phi) is 6.34. The van der Waals surface area contributed by atoms with Gasteiger partial charge in [-0.05, 0) is 48.5 Å². The number of rotatable bonds is 7. The van der Waals surface area contributed by atoms with Crippen molar-refractivity contribution in [3.05, 3.63) is 83.3 Å². The predicted molar refractivity (Wildman–Crippen MR) is 114 cm³/mol. The van der Waals surface area contributed by atoms with Crippen LogP contribution in [0.3, 0.4) is 0 Å². The number of aromatic nitrogens is 3. The largest absolute Gasteiger partial charge is 0.467 e. The molecule has 0 atom stereocenters. The van der Waals surface area contributed by atoms with Crippen LogP contribution in [0.2, 0.25) is 5.02 Å². The third kappa shape index (κ3) is 5.12. The Hall–Kier alpha value is -3.17. The molecular formula is C21H15ClF2N4O2S. The molecule has 0 aliphatic carbocycles. The molecular weight excluding hydrogens is 446 g/mol. The number of anilines is 1. The zero-order chi connectivity index (χ0) is 21.8. The van der Waals surface area contributed by atoms with E-state index < -0.39 is 17.5 Å². The van der Waals surface area contributed by atoms with Crippen LogP contribution in [0.5, 0.6) is 0 Å². The molecule has 0 bridgehead atoms. The molecule has 0 radical (unpaired) electrons. The fourth-order valence-electron chi connectivity index (χ4n) is 2.82. The minimum Gasteiger partial charge on any atom is -0.467 e. The maximum absolute atomic E-state index is 13.8. The van der Waals surface area contributed by atoms with Gasteiger partial charge in [0.25, 0.3) is 0 Å². The highest BCUT2D eigenvalue weighted by Gasteiger charge is 2.17. The maximum atomic E-state index is 13.8. The van der Waals surface area contributed by atoms with Crippen LogP contribution in [0, 0.1) is 11.6 Å². The fourth-order valence-corrected chi connectivity index (χ4v) is 3.68. The summed E-state index contributed by atoms with van der Waals surface area (Å²) in [6.45, 7) is 0.348. The lowest BCUT2D eigenvalue weighted by Gasteiger charge is -2.09. The van der Waals surface area contributed by atoms with Gasteiger partial charge in [-0.25, -0.2) is 8.78 Å². The first-order valence-corrected chi connectivity index (χ1v) is 10.4. The standard InChI is InChI=1S/C21H15ClF2N4O2S/c22-14-5-3-13(4-6-14)20-26-27-21(28(20)11-16-2-1-9-30-16)31-12-19(29)25-18-10-15(23)7-8-17(18)24/h1-10H,11-12H2,(H,25,29). The number of halogens is 3. The highest BCUT2D eigenvalue weighted by atomic mass is 35.5. The molecule has 1 N–H and O–H groups in total. The van der Waals surface area contributed by atoms with Crippen molar-refractivity contribution in [2.24, 2.45) is 0 Å². The smallest absolute Gasteiger partial charge is 0.234 e. The van der Waals surface area contributed by atoms with Gasteiger partial charge in [-0.2, -0.15) is 0 Å². The van der Waals surface area contributed by atoms with Crippen molar-refractivity contribution in [1.82, 2.24) is 14.8 Å². The van der Waals surface area contributed by atoms with Crippen LogP contribution in [0.1, 0.15) is 5.76 Å². The molecule has 0 aliphatic rings. The zero-order valence-corrected chi connectivity index (χ0v) is 17.5. The summed E-state index contributed by atoms with van der Waals surface area (Å²) in [4.78, 5) is 12.3. The van der Waals surface area contributed by atoms with Gasteiger partial charge >= 0.3 is 0 Å². The summed E-state index contributed by atoms with van der Waals surface area (Å²) < 4.78 is 34.3. The molecule has 6 nitrogen and oxygen atoms in total. The molecule has 4 aromatic rings. The van der Waals surface area contributed by atoms with Crippen LogP contribution >= 0.6 is 23.4 Å². The minimum absolute atomic E-state index is 0.0765. The van der Waals surface area contributed by atoms with Gasteiger partial charge in [0.2, 0.25) is 5.91 Å². The minimum atomic E-state index is -0.717. The van der Waals surface area contributed by atoms with E-state index in [-0.39, 0.29) is 11.4 Å². The summed E-state index contributed by atoms with van der Waals surface area (Å²) in [5, 5.41) is 11.9. The van der Waals surface area contributed by atoms with Gasteiger partial charge in [0, 0.05) is 16.7 Å². The average molecular weight is 461 g/mol. The van der Waals surface area contributed by atoms with Crippen LogP contribution in [0.25, 0.3) is 11.4 Å². The molecule has 158 valence electrons. The molecule has 4 rings (SSSR count). The van der Waals surface area contributed by atoms with Crippen LogP contribution in [-0.2, 0) is 11.3 Å². The third-order valence-electron chi connectivity index (χ3n) is 4.25. The molecule has 10 heteroatoms. The summed E-state index contributed by atoms with van der Waals surface area (Å²) in [7, 11) is 0. The molecule has 1 amide bonds. The van der Waals surface area contributed by atoms with E-state index in [1.54, 1.807) is 24.5 Å². The Balaban J connectivity index is 1.54. The van der Waals surface area contributed by atoms with Crippen molar-refractivity contribution in [1.29, 1.82) is 0 Å². The second-order valence-electron chi connectivity index (χ2n) is 6.44. The number of thioether (sulfide) groups is 1. The summed E-state index contributed by atoms with van der Waals surface area (Å²) in [6.07, 6.45) is 1.56. The topological polar surface area (TPSA) is 73.0 Å². The Bertz CT molecular complexity index is 1200. The molecule has 0 saturated carbocycles. The summed E-state index contributed by atoms with van der Waals surface area (Å²) >= 11 is 7.09. The second-order valence-corrected chi connectivity index (χ2v) is 7.82. The first-order valence-electron chi connectivity index (χ1n) is 9.09. The lowest BCUT2D eigenvalue weighted by atomic mass is 10.2. The quantitative estimate of drug-likeness (QED) is 0.381. The van der Waals surface area contributed by atoms with E-state index in [9.17, 15) is 13.6 Å². The van der Waals surface area contributed by atoms with E-state index in [1.165, 1.54) is 0 Å². The number of amides is 1. The number of hydrogen-bond donors (Lipinski definition) is 1. The molecule has 0 spiro atoms. The number of nitrogens with zero attached hydrogens (tertiary/aromatic N) is 3. The third-order valence-corrected chi connectivity index (χ3v) is 5.47. The summed E-state index contributed by atoms with van der Waals surface area (Å²) in [5.41, 5.74) is 0.575. The van der Waals surface area contributed by atoms with E-state index in [2.05, 4.69) is 15.5 Å². The number of carbonyl (C=O) groups is 1. The van der Waals surface area contributed by atoms with Gasteiger partial charge in [0.1, 0.15) is 17.4 Å². The fraction of sp³-hybridized carbons (Fsp3) is 0.0952. The Morgan fingerprint density at radius 1 is 1.13 bits per heavy atom. The van der Waals surface area contributed by atoms with Crippen molar-refractivity contribution < 1.29 is 18.0 Å². The van der Waals surface area contributed by atoms with Crippen molar-refractivity contribution >= 4 is 35.0 Å². The highest BCUT2D eigenvalue weighted by molar-refractivity contribution is 7.99. The molecule has 0 aliphatic heterocycles.